The highest BCUT2D eigenvalue weighted by Crippen LogP contribution is 2.18. The van der Waals surface area contributed by atoms with Crippen molar-refractivity contribution in [1.82, 2.24) is 4.98 Å². The normalized spacial score (nSPS) is 14.1. The first kappa shape index (κ1) is 18.8. The molecular weight excluding hydrogens is 292 g/mol. The molecule has 1 aromatic heterocycles. The molecule has 0 saturated heterocycles. The van der Waals surface area contributed by atoms with Crippen molar-refractivity contribution in [2.24, 2.45) is 0 Å². The van der Waals surface area contributed by atoms with Crippen LogP contribution in [0, 0.1) is 6.92 Å². The quantitative estimate of drug-likeness (QED) is 0.651. The fraction of sp³-hybridized carbons (Fsp3) is 0.688. The van der Waals surface area contributed by atoms with Gasteiger partial charge in [0.2, 0.25) is 5.88 Å². The van der Waals surface area contributed by atoms with Crippen LogP contribution in [0.15, 0.2) is 12.1 Å². The second kappa shape index (κ2) is 9.69. The van der Waals surface area contributed by atoms with Crippen LogP contribution in [-0.4, -0.2) is 30.9 Å². The van der Waals surface area contributed by atoms with Crippen LogP contribution in [0.4, 0.5) is 8.78 Å². The van der Waals surface area contributed by atoms with Crippen molar-refractivity contribution in [1.29, 1.82) is 0 Å². The van der Waals surface area contributed by atoms with E-state index >= 15 is 0 Å². The predicted octanol–water partition coefficient (Wildman–Crippen LogP) is 4.10. The maximum Gasteiger partial charge on any atom is 0.388 e. The number of halogens is 2. The number of alkyl halides is 2. The van der Waals surface area contributed by atoms with Crippen molar-refractivity contribution in [3.05, 3.63) is 23.4 Å². The van der Waals surface area contributed by atoms with Gasteiger partial charge in [-0.1, -0.05) is 19.9 Å². The number of aryl methyl sites for hydroxylation is 1. The highest BCUT2D eigenvalue weighted by molar-refractivity contribution is 5.24. The Bertz CT molecular complexity index is 439. The molecule has 22 heavy (non-hydrogen) atoms. The van der Waals surface area contributed by atoms with Gasteiger partial charge in [-0.2, -0.15) is 8.78 Å². The fourth-order valence-electron chi connectivity index (χ4n) is 2.13. The summed E-state index contributed by atoms with van der Waals surface area (Å²) in [6.07, 6.45) is 2.78. The van der Waals surface area contributed by atoms with Gasteiger partial charge >= 0.3 is 6.61 Å². The van der Waals surface area contributed by atoms with Crippen LogP contribution in [0.3, 0.4) is 0 Å². The number of rotatable bonds is 10. The number of aromatic nitrogens is 1. The van der Waals surface area contributed by atoms with E-state index in [1.807, 2.05) is 13.8 Å². The van der Waals surface area contributed by atoms with Crippen LogP contribution in [0.5, 0.6) is 5.88 Å². The van der Waals surface area contributed by atoms with Crippen molar-refractivity contribution < 1.29 is 23.0 Å². The van der Waals surface area contributed by atoms with E-state index in [1.54, 1.807) is 13.2 Å². The van der Waals surface area contributed by atoms with Gasteiger partial charge in [-0.15, -0.1) is 0 Å². The van der Waals surface area contributed by atoms with Gasteiger partial charge in [0.25, 0.3) is 0 Å². The number of hydrogen-bond acceptors (Lipinski definition) is 4. The summed E-state index contributed by atoms with van der Waals surface area (Å²) in [4.78, 5) is 4.08. The minimum atomic E-state index is -2.88. The fourth-order valence-corrected chi connectivity index (χ4v) is 2.13. The van der Waals surface area contributed by atoms with E-state index < -0.39 is 6.61 Å². The zero-order valence-corrected chi connectivity index (χ0v) is 13.6. The molecule has 1 heterocycles. The molecule has 2 atom stereocenters. The predicted molar refractivity (Wildman–Crippen MR) is 80.2 cm³/mol. The molecule has 126 valence electrons. The third-order valence-corrected chi connectivity index (χ3v) is 3.61. The van der Waals surface area contributed by atoms with E-state index in [2.05, 4.69) is 16.6 Å². The highest BCUT2D eigenvalue weighted by Gasteiger charge is 2.15. The van der Waals surface area contributed by atoms with E-state index in [-0.39, 0.29) is 24.7 Å². The highest BCUT2D eigenvalue weighted by atomic mass is 19.3. The lowest BCUT2D eigenvalue weighted by Crippen LogP contribution is -2.21. The SMILES string of the molecule is CC[C@@H](C[C@@H](CC)OCc1nc(OC(F)F)ccc1C)OC. The minimum absolute atomic E-state index is 0.0470. The molecule has 0 spiro atoms. The van der Waals surface area contributed by atoms with Crippen molar-refractivity contribution in [2.45, 2.75) is 65.5 Å². The van der Waals surface area contributed by atoms with Crippen LogP contribution < -0.4 is 4.74 Å². The smallest absolute Gasteiger partial charge is 0.388 e. The molecule has 0 N–H and O–H groups in total. The largest absolute Gasteiger partial charge is 0.417 e. The first-order valence-electron chi connectivity index (χ1n) is 7.55. The number of ether oxygens (including phenoxy) is 3. The lowest BCUT2D eigenvalue weighted by atomic mass is 10.1. The van der Waals surface area contributed by atoms with Gasteiger partial charge in [-0.05, 0) is 31.7 Å². The van der Waals surface area contributed by atoms with Crippen molar-refractivity contribution in [3.8, 4) is 5.88 Å². The molecule has 0 saturated carbocycles. The van der Waals surface area contributed by atoms with Crippen LogP contribution in [0.1, 0.15) is 44.4 Å². The van der Waals surface area contributed by atoms with Crippen molar-refractivity contribution >= 4 is 0 Å². The van der Waals surface area contributed by atoms with Crippen molar-refractivity contribution in [3.63, 3.8) is 0 Å². The van der Waals surface area contributed by atoms with E-state index in [1.165, 1.54) is 6.07 Å². The lowest BCUT2D eigenvalue weighted by molar-refractivity contribution is -0.0535. The van der Waals surface area contributed by atoms with E-state index in [0.29, 0.717) is 5.69 Å². The maximum absolute atomic E-state index is 12.2. The Hall–Kier alpha value is -1.27. The second-order valence-electron chi connectivity index (χ2n) is 5.13. The topological polar surface area (TPSA) is 40.6 Å². The summed E-state index contributed by atoms with van der Waals surface area (Å²) in [5, 5.41) is 0. The third-order valence-electron chi connectivity index (χ3n) is 3.61. The molecule has 0 aliphatic heterocycles. The van der Waals surface area contributed by atoms with Crippen LogP contribution in [-0.2, 0) is 16.1 Å². The summed E-state index contributed by atoms with van der Waals surface area (Å²) in [5.41, 5.74) is 1.50. The Morgan fingerprint density at radius 2 is 1.82 bits per heavy atom. The number of methoxy groups -OCH3 is 1. The Labute approximate surface area is 130 Å². The maximum atomic E-state index is 12.2. The van der Waals surface area contributed by atoms with Gasteiger partial charge in [-0.3, -0.25) is 0 Å². The summed E-state index contributed by atoms with van der Waals surface area (Å²) >= 11 is 0. The van der Waals surface area contributed by atoms with Gasteiger partial charge in [0.1, 0.15) is 0 Å². The first-order chi connectivity index (χ1) is 10.5. The Morgan fingerprint density at radius 1 is 1.14 bits per heavy atom. The third kappa shape index (κ3) is 6.23. The molecule has 0 fully saturated rings. The summed E-state index contributed by atoms with van der Waals surface area (Å²) in [6.45, 7) is 3.37. The molecule has 4 nitrogen and oxygen atoms in total. The van der Waals surface area contributed by atoms with Gasteiger partial charge < -0.3 is 14.2 Å². The van der Waals surface area contributed by atoms with Gasteiger partial charge in [0, 0.05) is 13.2 Å². The summed E-state index contributed by atoms with van der Waals surface area (Å²) in [5.74, 6) is -0.0874. The second-order valence-corrected chi connectivity index (χ2v) is 5.13. The van der Waals surface area contributed by atoms with Crippen LogP contribution in [0.25, 0.3) is 0 Å². The number of hydrogen-bond donors (Lipinski definition) is 0. The molecule has 0 bridgehead atoms. The van der Waals surface area contributed by atoms with Crippen LogP contribution >= 0.6 is 0 Å². The molecule has 0 aliphatic rings. The standard InChI is InChI=1S/C16H25F2NO3/c1-5-12(20-4)9-13(6-2)21-10-14-11(3)7-8-15(19-14)22-16(17)18/h7-8,12-13,16H,5-6,9-10H2,1-4H3/t12-,13+/m0/s1. The molecular formula is C16H25F2NO3. The Balaban J connectivity index is 2.64. The zero-order valence-electron chi connectivity index (χ0n) is 13.6. The van der Waals surface area contributed by atoms with E-state index in [4.69, 9.17) is 9.47 Å². The summed E-state index contributed by atoms with van der Waals surface area (Å²) < 4.78 is 40.0. The van der Waals surface area contributed by atoms with E-state index in [9.17, 15) is 8.78 Å². The molecule has 1 aromatic rings. The average Bonchev–Trinajstić information content (AvgIpc) is 2.50. The summed E-state index contributed by atoms with van der Waals surface area (Å²) in [6, 6.07) is 3.13. The molecule has 0 aromatic carbocycles. The number of pyridine rings is 1. The monoisotopic (exact) mass is 317 g/mol. The van der Waals surface area contributed by atoms with E-state index in [0.717, 1.165) is 24.8 Å². The van der Waals surface area contributed by atoms with Crippen LogP contribution in [0.2, 0.25) is 0 Å². The molecule has 0 aliphatic carbocycles. The lowest BCUT2D eigenvalue weighted by Gasteiger charge is -2.21. The Kier molecular flexibility index (Phi) is 8.27. The first-order valence-corrected chi connectivity index (χ1v) is 7.55. The molecule has 0 unspecified atom stereocenters. The zero-order chi connectivity index (χ0) is 16.5. The van der Waals surface area contributed by atoms with Gasteiger partial charge in [-0.25, -0.2) is 4.98 Å². The number of nitrogens with zero attached hydrogens (tertiary/aromatic N) is 1. The van der Waals surface area contributed by atoms with Gasteiger partial charge in [0.15, 0.2) is 0 Å². The molecule has 1 rings (SSSR count). The molecule has 6 heteroatoms. The molecule has 0 amide bonds. The minimum Gasteiger partial charge on any atom is -0.417 e. The molecule has 0 radical (unpaired) electrons. The Morgan fingerprint density at radius 3 is 2.36 bits per heavy atom. The summed E-state index contributed by atoms with van der Waals surface area (Å²) in [7, 11) is 1.69. The van der Waals surface area contributed by atoms with Gasteiger partial charge in [0.05, 0.1) is 24.5 Å². The van der Waals surface area contributed by atoms with Crippen molar-refractivity contribution in [2.75, 3.05) is 7.11 Å². The average molecular weight is 317 g/mol.